The predicted molar refractivity (Wildman–Crippen MR) is 119 cm³/mol. The van der Waals surface area contributed by atoms with Gasteiger partial charge in [0.1, 0.15) is 30.1 Å². The van der Waals surface area contributed by atoms with Gasteiger partial charge in [-0.1, -0.05) is 0 Å². The number of hydrogen-bond acceptors (Lipinski definition) is 9. The first-order chi connectivity index (χ1) is 16.3. The third-order valence-electron chi connectivity index (χ3n) is 5.86. The van der Waals surface area contributed by atoms with Crippen molar-refractivity contribution < 1.29 is 12.8 Å². The van der Waals surface area contributed by atoms with E-state index >= 15 is 0 Å². The van der Waals surface area contributed by atoms with E-state index < -0.39 is 15.8 Å². The molecule has 12 nitrogen and oxygen atoms in total. The van der Waals surface area contributed by atoms with Crippen molar-refractivity contribution in [1.29, 1.82) is 0 Å². The van der Waals surface area contributed by atoms with E-state index in [0.717, 1.165) is 17.5 Å². The lowest BCUT2D eigenvalue weighted by atomic mass is 10.2. The molecular formula is C20H21FN10O2S. The number of hydrogen-bond donors (Lipinski definition) is 1. The van der Waals surface area contributed by atoms with Crippen LogP contribution in [0, 0.1) is 19.7 Å². The molecule has 4 heterocycles. The summed E-state index contributed by atoms with van der Waals surface area (Å²) in [6, 6.07) is 5.42. The minimum absolute atomic E-state index is 0.0118. The molecule has 3 aromatic heterocycles. The van der Waals surface area contributed by atoms with Crippen LogP contribution in [0.15, 0.2) is 41.8 Å². The van der Waals surface area contributed by atoms with Crippen LogP contribution in [-0.4, -0.2) is 79.0 Å². The highest BCUT2D eigenvalue weighted by Gasteiger charge is 2.30. The number of tetrazole rings is 1. The molecule has 0 aliphatic carbocycles. The van der Waals surface area contributed by atoms with Gasteiger partial charge in [-0.05, 0) is 37.3 Å². The summed E-state index contributed by atoms with van der Waals surface area (Å²) in [4.78, 5) is 15.0. The van der Waals surface area contributed by atoms with Gasteiger partial charge in [-0.25, -0.2) is 27.8 Å². The molecule has 0 saturated carbocycles. The molecule has 4 aromatic rings. The molecule has 0 spiro atoms. The maximum atomic E-state index is 14.2. The van der Waals surface area contributed by atoms with Crippen LogP contribution in [0.2, 0.25) is 0 Å². The van der Waals surface area contributed by atoms with Crippen LogP contribution in [0.25, 0.3) is 17.2 Å². The summed E-state index contributed by atoms with van der Waals surface area (Å²) in [7, 11) is -3.84. The molecule has 0 bridgehead atoms. The second-order valence-electron chi connectivity index (χ2n) is 7.79. The van der Waals surface area contributed by atoms with Crippen LogP contribution in [0.5, 0.6) is 0 Å². The minimum atomic E-state index is -3.84. The third kappa shape index (κ3) is 3.90. The van der Waals surface area contributed by atoms with Gasteiger partial charge in [0.05, 0.1) is 16.2 Å². The fourth-order valence-electron chi connectivity index (χ4n) is 3.79. The van der Waals surface area contributed by atoms with Gasteiger partial charge in [-0.15, -0.1) is 10.2 Å². The topological polar surface area (TPSA) is 139 Å². The van der Waals surface area contributed by atoms with E-state index in [1.165, 1.54) is 22.8 Å². The summed E-state index contributed by atoms with van der Waals surface area (Å²) in [5, 5.41) is 13.1. The Hall–Kier alpha value is -3.78. The molecule has 176 valence electrons. The van der Waals surface area contributed by atoms with Gasteiger partial charge in [0, 0.05) is 37.9 Å². The van der Waals surface area contributed by atoms with Crippen molar-refractivity contribution in [2.75, 3.05) is 31.1 Å². The fourth-order valence-corrected chi connectivity index (χ4v) is 5.24. The summed E-state index contributed by atoms with van der Waals surface area (Å²) < 4.78 is 43.9. The fraction of sp³-hybridized carbons (Fsp3) is 0.300. The van der Waals surface area contributed by atoms with Gasteiger partial charge in [0.2, 0.25) is 15.8 Å². The number of benzene rings is 1. The molecule has 0 unspecified atom stereocenters. The minimum Gasteiger partial charge on any atom is -0.354 e. The van der Waals surface area contributed by atoms with E-state index in [1.807, 2.05) is 29.4 Å². The molecule has 1 aliphatic rings. The van der Waals surface area contributed by atoms with E-state index in [0.29, 0.717) is 24.7 Å². The van der Waals surface area contributed by atoms with E-state index in [1.54, 1.807) is 6.33 Å². The Morgan fingerprint density at radius 2 is 1.76 bits per heavy atom. The number of aromatic nitrogens is 8. The van der Waals surface area contributed by atoms with Gasteiger partial charge < -0.3 is 4.90 Å². The molecule has 5 rings (SSSR count). The number of anilines is 1. The van der Waals surface area contributed by atoms with Gasteiger partial charge in [-0.3, -0.25) is 4.57 Å². The van der Waals surface area contributed by atoms with E-state index in [2.05, 4.69) is 35.6 Å². The number of nitrogens with zero attached hydrogens (tertiary/aromatic N) is 9. The summed E-state index contributed by atoms with van der Waals surface area (Å²) in [6.45, 7) is 5.28. The lowest BCUT2D eigenvalue weighted by molar-refractivity contribution is 0.383. The van der Waals surface area contributed by atoms with Crippen molar-refractivity contribution >= 4 is 15.8 Å². The zero-order valence-electron chi connectivity index (χ0n) is 18.4. The Kier molecular flexibility index (Phi) is 5.53. The molecular weight excluding hydrogens is 463 g/mol. The number of rotatable bonds is 5. The number of nitrogens with one attached hydrogen (secondary N) is 1. The smallest absolute Gasteiger partial charge is 0.243 e. The Bertz CT molecular complexity index is 1430. The first-order valence-electron chi connectivity index (χ1n) is 10.5. The summed E-state index contributed by atoms with van der Waals surface area (Å²) in [5.41, 5.74) is 1.87. The van der Waals surface area contributed by atoms with Crippen LogP contribution in [0.4, 0.5) is 10.2 Å². The quantitative estimate of drug-likeness (QED) is 0.441. The van der Waals surface area contributed by atoms with Gasteiger partial charge in [-0.2, -0.15) is 9.52 Å². The number of H-pyrrole nitrogens is 1. The summed E-state index contributed by atoms with van der Waals surface area (Å²) >= 11 is 0. The molecule has 34 heavy (non-hydrogen) atoms. The van der Waals surface area contributed by atoms with Crippen molar-refractivity contribution in [3.63, 3.8) is 0 Å². The average Bonchev–Trinajstić information content (AvgIpc) is 3.50. The number of halogens is 1. The van der Waals surface area contributed by atoms with Crippen molar-refractivity contribution in [3.8, 4) is 17.2 Å². The lowest BCUT2D eigenvalue weighted by Gasteiger charge is -2.34. The Morgan fingerprint density at radius 3 is 2.44 bits per heavy atom. The van der Waals surface area contributed by atoms with Crippen molar-refractivity contribution in [3.05, 3.63) is 54.1 Å². The Morgan fingerprint density at radius 1 is 1.00 bits per heavy atom. The molecule has 0 radical (unpaired) electrons. The van der Waals surface area contributed by atoms with Gasteiger partial charge in [0.25, 0.3) is 0 Å². The van der Waals surface area contributed by atoms with Crippen LogP contribution in [0.1, 0.15) is 11.4 Å². The van der Waals surface area contributed by atoms with E-state index in [9.17, 15) is 12.8 Å². The Balaban J connectivity index is 1.33. The normalized spacial score (nSPS) is 15.1. The highest BCUT2D eigenvalue weighted by molar-refractivity contribution is 7.89. The predicted octanol–water partition coefficient (Wildman–Crippen LogP) is 1.11. The number of piperazine rings is 1. The first-order valence-corrected chi connectivity index (χ1v) is 11.9. The molecule has 1 aliphatic heterocycles. The molecule has 0 atom stereocenters. The first kappa shape index (κ1) is 22.0. The molecule has 0 amide bonds. The highest BCUT2D eigenvalue weighted by atomic mass is 32.2. The van der Waals surface area contributed by atoms with Crippen molar-refractivity contribution in [2.45, 2.75) is 18.7 Å². The van der Waals surface area contributed by atoms with Crippen LogP contribution in [0.3, 0.4) is 0 Å². The molecule has 1 N–H and O–H groups in total. The van der Waals surface area contributed by atoms with Crippen molar-refractivity contribution in [2.24, 2.45) is 0 Å². The lowest BCUT2D eigenvalue weighted by Crippen LogP contribution is -2.49. The van der Waals surface area contributed by atoms with E-state index in [-0.39, 0.29) is 29.4 Å². The largest absolute Gasteiger partial charge is 0.354 e. The highest BCUT2D eigenvalue weighted by Crippen LogP contribution is 2.26. The van der Waals surface area contributed by atoms with Gasteiger partial charge in [0.15, 0.2) is 0 Å². The number of aryl methyl sites for hydroxylation is 1. The van der Waals surface area contributed by atoms with Gasteiger partial charge >= 0.3 is 0 Å². The van der Waals surface area contributed by atoms with Crippen LogP contribution >= 0.6 is 0 Å². The zero-order chi connectivity index (χ0) is 23.9. The van der Waals surface area contributed by atoms with Crippen molar-refractivity contribution in [1.82, 2.24) is 44.4 Å². The zero-order valence-corrected chi connectivity index (χ0v) is 19.2. The number of sulfonamides is 1. The Labute approximate surface area is 194 Å². The van der Waals surface area contributed by atoms with Crippen LogP contribution in [-0.2, 0) is 10.0 Å². The maximum absolute atomic E-state index is 14.2. The maximum Gasteiger partial charge on any atom is 0.243 e. The molecule has 1 saturated heterocycles. The third-order valence-corrected chi connectivity index (χ3v) is 7.76. The molecule has 1 fully saturated rings. The molecule has 1 aromatic carbocycles. The average molecular weight is 485 g/mol. The number of imidazole rings is 1. The SMILES string of the molecule is Cc1ncn(-c2cc(N3CCN(S(=O)(=O)c4ccc(F)c(-c5nn[nH]n5)c4)CC3)ncn2)c1C. The van der Waals surface area contributed by atoms with Crippen LogP contribution < -0.4 is 4.90 Å². The number of aromatic amines is 1. The summed E-state index contributed by atoms with van der Waals surface area (Å²) in [5.74, 6) is 0.753. The molecule has 14 heteroatoms. The van der Waals surface area contributed by atoms with E-state index in [4.69, 9.17) is 0 Å². The second-order valence-corrected chi connectivity index (χ2v) is 9.73. The monoisotopic (exact) mass is 484 g/mol. The summed E-state index contributed by atoms with van der Waals surface area (Å²) in [6.07, 6.45) is 3.20. The standard InChI is InChI=1S/C20H21FN10O2S/c1-13-14(2)31(12-24-13)19-10-18(22-11-23-19)29-5-7-30(8-6-29)34(32,33)15-3-4-17(21)16(9-15)20-25-27-28-26-20/h3-4,9-12H,5-8H2,1-2H3,(H,25,26,27,28). The second kappa shape index (κ2) is 8.53.